The van der Waals surface area contributed by atoms with Crippen LogP contribution in [-0.2, 0) is 4.79 Å². The second-order valence-electron chi connectivity index (χ2n) is 4.48. The van der Waals surface area contributed by atoms with Gasteiger partial charge in [0.25, 0.3) is 0 Å². The molecule has 94 valence electrons. The van der Waals surface area contributed by atoms with Gasteiger partial charge in [0.05, 0.1) is 12.2 Å². The molecule has 0 aromatic carbocycles. The van der Waals surface area contributed by atoms with Crippen LogP contribution in [0.3, 0.4) is 0 Å². The molecule has 1 amide bonds. The van der Waals surface area contributed by atoms with Gasteiger partial charge in [0.2, 0.25) is 5.91 Å². The Bertz CT molecular complexity index is 393. The average Bonchev–Trinajstić information content (AvgIpc) is 2.63. The van der Waals surface area contributed by atoms with Crippen LogP contribution in [0.5, 0.6) is 0 Å². The molecule has 1 saturated heterocycles. The number of likely N-dealkylation sites (tertiary alicyclic amines) is 1. The van der Waals surface area contributed by atoms with Gasteiger partial charge in [-0.25, -0.2) is 4.98 Å². The van der Waals surface area contributed by atoms with Gasteiger partial charge in [0.15, 0.2) is 5.13 Å². The number of carbonyl (C=O) groups is 1. The van der Waals surface area contributed by atoms with E-state index in [1.54, 1.807) is 0 Å². The molecule has 1 fully saturated rings. The zero-order valence-electron chi connectivity index (χ0n) is 9.98. The molecule has 1 atom stereocenters. The molecule has 0 saturated carbocycles. The van der Waals surface area contributed by atoms with Crippen LogP contribution in [-0.4, -0.2) is 41.5 Å². The summed E-state index contributed by atoms with van der Waals surface area (Å²) in [7, 11) is 0. The van der Waals surface area contributed by atoms with E-state index in [1.165, 1.54) is 11.3 Å². The number of aromatic nitrogens is 1. The van der Waals surface area contributed by atoms with Gasteiger partial charge in [0, 0.05) is 18.0 Å². The number of aryl methyl sites for hydroxylation is 1. The van der Waals surface area contributed by atoms with E-state index in [0.717, 1.165) is 31.6 Å². The normalized spacial score (nSPS) is 21.4. The largest absolute Gasteiger partial charge is 0.327 e. The molecule has 0 unspecified atom stereocenters. The van der Waals surface area contributed by atoms with Gasteiger partial charge >= 0.3 is 0 Å². The minimum atomic E-state index is -0.00606. The molecule has 3 N–H and O–H groups in total. The second kappa shape index (κ2) is 5.57. The Balaban J connectivity index is 1.80. The number of rotatable bonds is 3. The smallest absolute Gasteiger partial charge is 0.240 e. The fourth-order valence-corrected chi connectivity index (χ4v) is 2.71. The topological polar surface area (TPSA) is 71.2 Å². The van der Waals surface area contributed by atoms with Crippen molar-refractivity contribution in [2.45, 2.75) is 25.8 Å². The number of piperidine rings is 1. The third-order valence-electron chi connectivity index (χ3n) is 2.77. The van der Waals surface area contributed by atoms with Crippen LogP contribution in [0.4, 0.5) is 5.13 Å². The molecule has 1 aromatic rings. The van der Waals surface area contributed by atoms with Crippen molar-refractivity contribution in [1.29, 1.82) is 0 Å². The Morgan fingerprint density at radius 3 is 3.24 bits per heavy atom. The fourth-order valence-electron chi connectivity index (χ4n) is 2.01. The lowest BCUT2D eigenvalue weighted by Gasteiger charge is -2.29. The van der Waals surface area contributed by atoms with Crippen LogP contribution in [0.15, 0.2) is 5.38 Å². The van der Waals surface area contributed by atoms with Crippen LogP contribution in [0.25, 0.3) is 0 Å². The van der Waals surface area contributed by atoms with E-state index in [2.05, 4.69) is 15.2 Å². The van der Waals surface area contributed by atoms with Crippen molar-refractivity contribution in [3.63, 3.8) is 0 Å². The summed E-state index contributed by atoms with van der Waals surface area (Å²) in [4.78, 5) is 18.1. The predicted molar refractivity (Wildman–Crippen MR) is 69.1 cm³/mol. The number of nitrogens with one attached hydrogen (secondary N) is 1. The van der Waals surface area contributed by atoms with E-state index in [-0.39, 0.29) is 11.9 Å². The van der Waals surface area contributed by atoms with Crippen LogP contribution >= 0.6 is 11.3 Å². The zero-order valence-corrected chi connectivity index (χ0v) is 10.8. The highest BCUT2D eigenvalue weighted by atomic mass is 32.1. The molecule has 0 aliphatic carbocycles. The monoisotopic (exact) mass is 254 g/mol. The van der Waals surface area contributed by atoms with Crippen molar-refractivity contribution in [2.75, 3.05) is 25.0 Å². The standard InChI is InChI=1S/C11H18N4OS/c1-8-7-17-11(13-8)14-10(16)6-15-4-2-3-9(12)5-15/h7,9H,2-6,12H2,1H3,(H,13,14,16)/t9-/m0/s1. The number of nitrogens with zero attached hydrogens (tertiary/aromatic N) is 2. The molecule has 5 nitrogen and oxygen atoms in total. The molecule has 6 heteroatoms. The van der Waals surface area contributed by atoms with Crippen molar-refractivity contribution in [3.05, 3.63) is 11.1 Å². The van der Waals surface area contributed by atoms with Crippen LogP contribution < -0.4 is 11.1 Å². The number of amides is 1. The van der Waals surface area contributed by atoms with E-state index in [9.17, 15) is 4.79 Å². The number of hydrogen-bond acceptors (Lipinski definition) is 5. The number of carbonyl (C=O) groups excluding carboxylic acids is 1. The Morgan fingerprint density at radius 2 is 2.59 bits per heavy atom. The molecular formula is C11H18N4OS. The summed E-state index contributed by atoms with van der Waals surface area (Å²) < 4.78 is 0. The molecule has 17 heavy (non-hydrogen) atoms. The number of hydrogen-bond donors (Lipinski definition) is 2. The maximum Gasteiger partial charge on any atom is 0.240 e. The van der Waals surface area contributed by atoms with E-state index in [4.69, 9.17) is 5.73 Å². The SMILES string of the molecule is Cc1csc(NC(=O)CN2CCC[C@H](N)C2)n1. The number of anilines is 1. The molecule has 0 radical (unpaired) electrons. The first kappa shape index (κ1) is 12.5. The molecule has 1 aromatic heterocycles. The van der Waals surface area contributed by atoms with E-state index < -0.39 is 0 Å². The first-order chi connectivity index (χ1) is 8.13. The summed E-state index contributed by atoms with van der Waals surface area (Å²) in [6.07, 6.45) is 2.13. The van der Waals surface area contributed by atoms with E-state index in [1.807, 2.05) is 12.3 Å². The Labute approximate surface area is 105 Å². The lowest BCUT2D eigenvalue weighted by atomic mass is 10.1. The van der Waals surface area contributed by atoms with Crippen molar-refractivity contribution < 1.29 is 4.79 Å². The fraction of sp³-hybridized carbons (Fsp3) is 0.636. The Morgan fingerprint density at radius 1 is 1.76 bits per heavy atom. The first-order valence-electron chi connectivity index (χ1n) is 5.83. The highest BCUT2D eigenvalue weighted by Gasteiger charge is 2.19. The predicted octanol–water partition coefficient (Wildman–Crippen LogP) is 0.813. The quantitative estimate of drug-likeness (QED) is 0.837. The van der Waals surface area contributed by atoms with Crippen molar-refractivity contribution in [3.8, 4) is 0 Å². The molecular weight excluding hydrogens is 236 g/mol. The molecule has 1 aliphatic rings. The summed E-state index contributed by atoms with van der Waals surface area (Å²) >= 11 is 1.45. The highest BCUT2D eigenvalue weighted by Crippen LogP contribution is 2.14. The molecule has 2 heterocycles. The summed E-state index contributed by atoms with van der Waals surface area (Å²) in [6.45, 7) is 4.09. The van der Waals surface area contributed by atoms with Gasteiger partial charge in [-0.2, -0.15) is 0 Å². The Kier molecular flexibility index (Phi) is 4.09. The van der Waals surface area contributed by atoms with E-state index >= 15 is 0 Å². The summed E-state index contributed by atoms with van der Waals surface area (Å²) in [6, 6.07) is 0.207. The maximum absolute atomic E-state index is 11.8. The zero-order chi connectivity index (χ0) is 12.3. The van der Waals surface area contributed by atoms with Gasteiger partial charge in [0.1, 0.15) is 0 Å². The van der Waals surface area contributed by atoms with Gasteiger partial charge < -0.3 is 11.1 Å². The van der Waals surface area contributed by atoms with Gasteiger partial charge in [-0.15, -0.1) is 11.3 Å². The van der Waals surface area contributed by atoms with Crippen molar-refractivity contribution in [2.24, 2.45) is 5.73 Å². The van der Waals surface area contributed by atoms with Gasteiger partial charge in [-0.05, 0) is 26.3 Å². The van der Waals surface area contributed by atoms with Crippen LogP contribution in [0, 0.1) is 6.92 Å². The number of nitrogens with two attached hydrogens (primary N) is 1. The minimum absolute atomic E-state index is 0.00606. The van der Waals surface area contributed by atoms with Crippen molar-refractivity contribution in [1.82, 2.24) is 9.88 Å². The van der Waals surface area contributed by atoms with E-state index in [0.29, 0.717) is 11.7 Å². The Hall–Kier alpha value is -0.980. The lowest BCUT2D eigenvalue weighted by molar-refractivity contribution is -0.117. The maximum atomic E-state index is 11.8. The van der Waals surface area contributed by atoms with Crippen LogP contribution in [0.2, 0.25) is 0 Å². The average molecular weight is 254 g/mol. The number of thiazole rings is 1. The van der Waals surface area contributed by atoms with Crippen LogP contribution in [0.1, 0.15) is 18.5 Å². The summed E-state index contributed by atoms with van der Waals surface area (Å²) in [5.74, 6) is -0.00606. The molecule has 1 aliphatic heterocycles. The highest BCUT2D eigenvalue weighted by molar-refractivity contribution is 7.13. The lowest BCUT2D eigenvalue weighted by Crippen LogP contribution is -2.45. The third kappa shape index (κ3) is 3.76. The third-order valence-corrected chi connectivity index (χ3v) is 3.65. The summed E-state index contributed by atoms with van der Waals surface area (Å²) in [5, 5.41) is 5.41. The second-order valence-corrected chi connectivity index (χ2v) is 5.34. The van der Waals surface area contributed by atoms with Gasteiger partial charge in [-0.3, -0.25) is 9.69 Å². The van der Waals surface area contributed by atoms with Gasteiger partial charge in [-0.1, -0.05) is 0 Å². The minimum Gasteiger partial charge on any atom is -0.327 e. The molecule has 0 bridgehead atoms. The summed E-state index contributed by atoms with van der Waals surface area (Å²) in [5.41, 5.74) is 6.81. The molecule has 0 spiro atoms. The van der Waals surface area contributed by atoms with Crippen molar-refractivity contribution >= 4 is 22.4 Å². The first-order valence-corrected chi connectivity index (χ1v) is 6.71. The molecule has 2 rings (SSSR count).